The first-order valence-electron chi connectivity index (χ1n) is 5.88. The quantitative estimate of drug-likeness (QED) is 0.185. The molecule has 0 bridgehead atoms. The topological polar surface area (TPSA) is 26.3 Å². The number of ether oxygens (including phenoxy) is 1. The molecule has 0 atom stereocenters. The van der Waals surface area contributed by atoms with Crippen LogP contribution in [0.4, 0.5) is 0 Å². The second kappa shape index (κ2) is 11.5. The molecule has 5 heteroatoms. The molecule has 0 N–H and O–H groups in total. The van der Waals surface area contributed by atoms with Crippen molar-refractivity contribution in [3.05, 3.63) is 12.2 Å². The van der Waals surface area contributed by atoms with E-state index in [2.05, 4.69) is 38.4 Å². The third-order valence-corrected chi connectivity index (χ3v) is 5.09. The van der Waals surface area contributed by atoms with E-state index in [1.54, 1.807) is 6.92 Å². The van der Waals surface area contributed by atoms with Gasteiger partial charge in [0.25, 0.3) is 0 Å². The molecule has 0 aromatic heterocycles. The van der Waals surface area contributed by atoms with Crippen molar-refractivity contribution in [1.29, 1.82) is 0 Å². The van der Waals surface area contributed by atoms with Crippen LogP contribution in [0.3, 0.4) is 0 Å². The molecule has 2 nitrogen and oxygen atoms in total. The van der Waals surface area contributed by atoms with Crippen molar-refractivity contribution in [2.45, 2.75) is 48.4 Å². The predicted molar refractivity (Wildman–Crippen MR) is 81.1 cm³/mol. The summed E-state index contributed by atoms with van der Waals surface area (Å²) in [6, 6.07) is 1.28. The van der Waals surface area contributed by atoms with Crippen molar-refractivity contribution in [2.24, 2.45) is 0 Å². The maximum atomic E-state index is 11.1. The monoisotopic (exact) mass is 382 g/mol. The molecule has 0 saturated heterocycles. The molecule has 0 aliphatic carbocycles. The van der Waals surface area contributed by atoms with E-state index in [0.29, 0.717) is 15.5 Å². The molecule has 0 aliphatic heterocycles. The van der Waals surface area contributed by atoms with Gasteiger partial charge in [-0.3, -0.25) is 0 Å². The van der Waals surface area contributed by atoms with Crippen LogP contribution < -0.4 is 0 Å². The van der Waals surface area contributed by atoms with Gasteiger partial charge in [0.1, 0.15) is 0 Å². The van der Waals surface area contributed by atoms with Crippen LogP contribution in [0, 0.1) is 0 Å². The summed E-state index contributed by atoms with van der Waals surface area (Å²) in [5.41, 5.74) is 0.477. The Morgan fingerprint density at radius 3 is 2.41 bits per heavy atom. The van der Waals surface area contributed by atoms with Gasteiger partial charge >= 0.3 is 5.97 Å². The highest BCUT2D eigenvalue weighted by Crippen LogP contribution is 2.11. The summed E-state index contributed by atoms with van der Waals surface area (Å²) in [6.45, 7) is 5.73. The minimum atomic E-state index is -0.271. The number of hydrogen-bond acceptors (Lipinski definition) is 2. The number of rotatable bonds is 10. The number of carbonyl (C=O) groups is 1. The van der Waals surface area contributed by atoms with E-state index in [4.69, 9.17) is 4.74 Å². The van der Waals surface area contributed by atoms with Crippen LogP contribution >= 0.6 is 31.9 Å². The van der Waals surface area contributed by atoms with E-state index in [-0.39, 0.29) is 5.97 Å². The molecule has 0 unspecified atom stereocenters. The molecule has 0 aromatic rings. The number of esters is 1. The third-order valence-electron chi connectivity index (χ3n) is 2.20. The number of unbranched alkanes of at least 4 members (excludes halogenated alkanes) is 4. The molecule has 0 aliphatic rings. The van der Waals surface area contributed by atoms with Crippen LogP contribution in [0.2, 0.25) is 6.04 Å². The van der Waals surface area contributed by atoms with Crippen LogP contribution in [0.25, 0.3) is 0 Å². The molecule has 2 radical (unpaired) electrons. The Morgan fingerprint density at radius 1 is 1.24 bits per heavy atom. The van der Waals surface area contributed by atoms with E-state index in [0.717, 1.165) is 22.4 Å². The van der Waals surface area contributed by atoms with Gasteiger partial charge in [-0.05, 0) is 13.3 Å². The second-order valence-electron chi connectivity index (χ2n) is 3.94. The smallest absolute Gasteiger partial charge is 0.333 e. The highest BCUT2D eigenvalue weighted by Gasteiger charge is 2.02. The van der Waals surface area contributed by atoms with Crippen molar-refractivity contribution in [1.82, 2.24) is 0 Å². The minimum absolute atomic E-state index is 0.271. The van der Waals surface area contributed by atoms with E-state index in [1.807, 2.05) is 0 Å². The maximum absolute atomic E-state index is 11.1. The highest BCUT2D eigenvalue weighted by atomic mass is 79.9. The lowest BCUT2D eigenvalue weighted by molar-refractivity contribution is -0.139. The fourth-order valence-corrected chi connectivity index (χ4v) is 3.30. The molecular formula is C12H20Br2O2Si. The van der Waals surface area contributed by atoms with Crippen LogP contribution in [0.5, 0.6) is 0 Å². The van der Waals surface area contributed by atoms with Crippen molar-refractivity contribution in [3.63, 3.8) is 0 Å². The van der Waals surface area contributed by atoms with E-state index >= 15 is 0 Å². The van der Waals surface area contributed by atoms with Gasteiger partial charge in [0.2, 0.25) is 0 Å². The third kappa shape index (κ3) is 12.6. The first-order chi connectivity index (χ1) is 8.04. The van der Waals surface area contributed by atoms with Crippen molar-refractivity contribution >= 4 is 47.3 Å². The molecule has 17 heavy (non-hydrogen) atoms. The summed E-state index contributed by atoms with van der Waals surface area (Å²) < 4.78 is 5.50. The lowest BCUT2D eigenvalue weighted by atomic mass is 10.2. The molecular weight excluding hydrogens is 364 g/mol. The zero-order chi connectivity index (χ0) is 13.1. The maximum Gasteiger partial charge on any atom is 0.333 e. The van der Waals surface area contributed by atoms with E-state index in [1.165, 1.54) is 25.3 Å². The zero-order valence-corrected chi connectivity index (χ0v) is 14.5. The average molecular weight is 384 g/mol. The van der Waals surface area contributed by atoms with Crippen molar-refractivity contribution in [2.75, 3.05) is 6.61 Å². The van der Waals surface area contributed by atoms with Gasteiger partial charge < -0.3 is 4.74 Å². The summed E-state index contributed by atoms with van der Waals surface area (Å²) in [4.78, 5) is 11.1. The molecule has 0 fully saturated rings. The lowest BCUT2D eigenvalue weighted by Crippen LogP contribution is -2.06. The van der Waals surface area contributed by atoms with Crippen LogP contribution in [0.15, 0.2) is 12.2 Å². The number of alkyl halides is 2. The van der Waals surface area contributed by atoms with Gasteiger partial charge in [-0.2, -0.15) is 0 Å². The van der Waals surface area contributed by atoms with Gasteiger partial charge in [-0.15, -0.1) is 0 Å². The van der Waals surface area contributed by atoms with E-state index in [9.17, 15) is 4.79 Å². The van der Waals surface area contributed by atoms with Gasteiger partial charge in [-0.1, -0.05) is 70.2 Å². The van der Waals surface area contributed by atoms with E-state index < -0.39 is 0 Å². The zero-order valence-electron chi connectivity index (χ0n) is 10.3. The van der Waals surface area contributed by atoms with Crippen molar-refractivity contribution in [3.8, 4) is 0 Å². The number of halogens is 2. The summed E-state index contributed by atoms with van der Waals surface area (Å²) >= 11 is 6.95. The normalized spacial score (nSPS) is 10.6. The summed E-state index contributed by atoms with van der Waals surface area (Å²) in [6.07, 6.45) is 5.88. The van der Waals surface area contributed by atoms with Gasteiger partial charge in [0, 0.05) is 5.57 Å². The standard InChI is InChI=1S/C12H20Br2O2Si/c1-10(2)11(15)16-8-6-4-3-5-7-9-17-12(13)14/h12H,1,3-9H2,2H3. The Kier molecular flexibility index (Phi) is 11.7. The molecule has 0 spiro atoms. The average Bonchev–Trinajstić information content (AvgIpc) is 2.25. The number of carbonyl (C=O) groups excluding carboxylic acids is 1. The molecule has 0 saturated carbocycles. The Labute approximate surface area is 124 Å². The Morgan fingerprint density at radius 2 is 1.82 bits per heavy atom. The van der Waals surface area contributed by atoms with Crippen LogP contribution in [0.1, 0.15) is 39.0 Å². The largest absolute Gasteiger partial charge is 0.462 e. The number of hydrogen-bond donors (Lipinski definition) is 0. The first-order valence-corrected chi connectivity index (χ1v) is 8.99. The predicted octanol–water partition coefficient (Wildman–Crippen LogP) is 4.25. The molecule has 0 heterocycles. The fourth-order valence-electron chi connectivity index (χ4n) is 1.26. The minimum Gasteiger partial charge on any atom is -0.462 e. The van der Waals surface area contributed by atoms with Gasteiger partial charge in [-0.25, -0.2) is 4.79 Å². The lowest BCUT2D eigenvalue weighted by Gasteiger charge is -2.04. The fraction of sp³-hybridized carbons (Fsp3) is 0.750. The Balaban J connectivity index is 3.14. The SMILES string of the molecule is C=C(C)C(=O)OCCCCCCC[Si]C(Br)Br. The summed E-state index contributed by atoms with van der Waals surface area (Å²) in [7, 11) is 0.949. The molecule has 0 aromatic carbocycles. The highest BCUT2D eigenvalue weighted by molar-refractivity contribution is 9.25. The molecule has 0 rings (SSSR count). The molecule has 0 amide bonds. The summed E-state index contributed by atoms with van der Waals surface area (Å²) in [5.74, 6) is -0.271. The van der Waals surface area contributed by atoms with Crippen molar-refractivity contribution < 1.29 is 9.53 Å². The first kappa shape index (κ1) is 17.4. The van der Waals surface area contributed by atoms with Gasteiger partial charge in [0.15, 0.2) is 0 Å². The van der Waals surface area contributed by atoms with Crippen LogP contribution in [-0.4, -0.2) is 25.5 Å². The Bertz CT molecular complexity index is 233. The Hall–Kier alpha value is 0.387. The second-order valence-corrected chi connectivity index (χ2v) is 10.2. The van der Waals surface area contributed by atoms with Gasteiger partial charge in [0.05, 0.1) is 19.5 Å². The summed E-state index contributed by atoms with van der Waals surface area (Å²) in [5, 5.41) is 0. The molecule has 98 valence electrons. The van der Waals surface area contributed by atoms with Crippen LogP contribution in [-0.2, 0) is 9.53 Å².